The second-order valence-corrected chi connectivity index (χ2v) is 7.81. The maximum absolute atomic E-state index is 12.4. The molecular formula is C20H31Cl2N3O2. The lowest BCUT2D eigenvalue weighted by Crippen LogP contribution is -2.39. The molecule has 0 radical (unpaired) electrons. The molecule has 3 saturated heterocycles. The van der Waals surface area contributed by atoms with Crippen molar-refractivity contribution < 1.29 is 9.53 Å². The minimum Gasteiger partial charge on any atom is -0.379 e. The Kier molecular flexibility index (Phi) is 8.83. The zero-order valence-electron chi connectivity index (χ0n) is 15.7. The van der Waals surface area contributed by atoms with Gasteiger partial charge in [-0.1, -0.05) is 12.1 Å². The normalized spacial score (nSPS) is 27.3. The highest BCUT2D eigenvalue weighted by atomic mass is 35.5. The van der Waals surface area contributed by atoms with Gasteiger partial charge in [-0.25, -0.2) is 0 Å². The molecule has 1 aromatic carbocycles. The van der Waals surface area contributed by atoms with Crippen LogP contribution in [0.3, 0.4) is 0 Å². The van der Waals surface area contributed by atoms with Gasteiger partial charge in [0.15, 0.2) is 0 Å². The molecule has 0 aliphatic carbocycles. The van der Waals surface area contributed by atoms with E-state index in [0.29, 0.717) is 24.4 Å². The summed E-state index contributed by atoms with van der Waals surface area (Å²) in [6.07, 6.45) is 5.54. The van der Waals surface area contributed by atoms with Gasteiger partial charge < -0.3 is 15.4 Å². The first-order valence-electron chi connectivity index (χ1n) is 9.69. The Hall–Kier alpha value is -0.850. The third kappa shape index (κ3) is 6.33. The van der Waals surface area contributed by atoms with E-state index in [1.54, 1.807) is 0 Å². The number of benzene rings is 1. The van der Waals surface area contributed by atoms with Gasteiger partial charge in [-0.05, 0) is 49.3 Å². The third-order valence-corrected chi connectivity index (χ3v) is 5.79. The highest BCUT2D eigenvalue weighted by molar-refractivity contribution is 5.90. The molecule has 152 valence electrons. The second kappa shape index (κ2) is 10.6. The van der Waals surface area contributed by atoms with Crippen molar-refractivity contribution in [2.45, 2.75) is 50.7 Å². The van der Waals surface area contributed by atoms with Crippen LogP contribution in [0, 0.1) is 5.92 Å². The molecule has 2 atom stereocenters. The quantitative estimate of drug-likeness (QED) is 0.774. The highest BCUT2D eigenvalue weighted by Gasteiger charge is 2.34. The van der Waals surface area contributed by atoms with Crippen molar-refractivity contribution in [2.75, 3.05) is 31.6 Å². The van der Waals surface area contributed by atoms with Gasteiger partial charge in [0.05, 0.1) is 13.2 Å². The van der Waals surface area contributed by atoms with Crippen molar-refractivity contribution in [3.8, 4) is 0 Å². The number of halogens is 2. The number of carbonyl (C=O) groups excluding carboxylic acids is 1. The summed E-state index contributed by atoms with van der Waals surface area (Å²) < 4.78 is 5.39. The van der Waals surface area contributed by atoms with Crippen molar-refractivity contribution in [3.63, 3.8) is 0 Å². The van der Waals surface area contributed by atoms with E-state index in [9.17, 15) is 4.79 Å². The SMILES string of the molecule is Cl.Cl.O=C(CC1CC2CCC(C1)N2)Nc1ccc(CN2CCOCC2)cc1. The van der Waals surface area contributed by atoms with Gasteiger partial charge in [-0.15, -0.1) is 24.8 Å². The fourth-order valence-electron chi connectivity index (χ4n) is 4.53. The molecule has 0 saturated carbocycles. The average Bonchev–Trinajstić information content (AvgIpc) is 2.96. The molecule has 0 aromatic heterocycles. The first-order valence-corrected chi connectivity index (χ1v) is 9.69. The number of fused-ring (bicyclic) bond motifs is 2. The van der Waals surface area contributed by atoms with Crippen LogP contribution >= 0.6 is 24.8 Å². The Labute approximate surface area is 174 Å². The van der Waals surface area contributed by atoms with Gasteiger partial charge in [0.25, 0.3) is 0 Å². The Morgan fingerprint density at radius 2 is 1.70 bits per heavy atom. The lowest BCUT2D eigenvalue weighted by atomic mass is 9.89. The Bertz CT molecular complexity index is 581. The van der Waals surface area contributed by atoms with Gasteiger partial charge in [-0.3, -0.25) is 9.69 Å². The van der Waals surface area contributed by atoms with Gasteiger partial charge in [0, 0.05) is 43.8 Å². The van der Waals surface area contributed by atoms with E-state index in [-0.39, 0.29) is 30.7 Å². The maximum atomic E-state index is 12.4. The summed E-state index contributed by atoms with van der Waals surface area (Å²) in [6, 6.07) is 9.60. The zero-order valence-corrected chi connectivity index (χ0v) is 17.3. The molecule has 1 aromatic rings. The van der Waals surface area contributed by atoms with Crippen molar-refractivity contribution in [3.05, 3.63) is 29.8 Å². The Morgan fingerprint density at radius 3 is 2.33 bits per heavy atom. The number of ether oxygens (including phenoxy) is 1. The molecule has 1 amide bonds. The van der Waals surface area contributed by atoms with Gasteiger partial charge in [-0.2, -0.15) is 0 Å². The predicted octanol–water partition coefficient (Wildman–Crippen LogP) is 3.22. The van der Waals surface area contributed by atoms with E-state index < -0.39 is 0 Å². The molecule has 27 heavy (non-hydrogen) atoms. The highest BCUT2D eigenvalue weighted by Crippen LogP contribution is 2.32. The minimum absolute atomic E-state index is 0. The molecule has 2 unspecified atom stereocenters. The number of anilines is 1. The monoisotopic (exact) mass is 415 g/mol. The summed E-state index contributed by atoms with van der Waals surface area (Å²) >= 11 is 0. The molecule has 3 aliphatic rings. The summed E-state index contributed by atoms with van der Waals surface area (Å²) in [7, 11) is 0. The minimum atomic E-state index is 0. The third-order valence-electron chi connectivity index (χ3n) is 5.79. The molecule has 7 heteroatoms. The number of hydrogen-bond donors (Lipinski definition) is 2. The second-order valence-electron chi connectivity index (χ2n) is 7.81. The maximum Gasteiger partial charge on any atom is 0.224 e. The van der Waals surface area contributed by atoms with Crippen molar-refractivity contribution in [2.24, 2.45) is 5.92 Å². The topological polar surface area (TPSA) is 53.6 Å². The lowest BCUT2D eigenvalue weighted by molar-refractivity contribution is -0.117. The molecule has 3 heterocycles. The number of rotatable bonds is 5. The number of nitrogens with one attached hydrogen (secondary N) is 2. The summed E-state index contributed by atoms with van der Waals surface area (Å²) in [5.41, 5.74) is 2.20. The molecule has 3 aliphatic heterocycles. The summed E-state index contributed by atoms with van der Waals surface area (Å²) in [5.74, 6) is 0.701. The van der Waals surface area contributed by atoms with E-state index in [4.69, 9.17) is 4.74 Å². The first kappa shape index (κ1) is 22.4. The predicted molar refractivity (Wildman–Crippen MR) is 113 cm³/mol. The number of morpholine rings is 1. The largest absolute Gasteiger partial charge is 0.379 e. The summed E-state index contributed by atoms with van der Waals surface area (Å²) in [4.78, 5) is 14.8. The van der Waals surface area contributed by atoms with Crippen LogP contribution < -0.4 is 10.6 Å². The van der Waals surface area contributed by atoms with Crippen LogP contribution in [0.5, 0.6) is 0 Å². The van der Waals surface area contributed by atoms with Crippen LogP contribution in [0.4, 0.5) is 5.69 Å². The van der Waals surface area contributed by atoms with Crippen LogP contribution in [0.15, 0.2) is 24.3 Å². The van der Waals surface area contributed by atoms with Gasteiger partial charge >= 0.3 is 0 Å². The van der Waals surface area contributed by atoms with Crippen LogP contribution in [-0.4, -0.2) is 49.2 Å². The van der Waals surface area contributed by atoms with E-state index >= 15 is 0 Å². The van der Waals surface area contributed by atoms with E-state index in [1.807, 2.05) is 12.1 Å². The molecule has 5 nitrogen and oxygen atoms in total. The number of nitrogens with zero attached hydrogens (tertiary/aromatic N) is 1. The lowest BCUT2D eigenvalue weighted by Gasteiger charge is -2.28. The van der Waals surface area contributed by atoms with Crippen LogP contribution in [0.2, 0.25) is 0 Å². The first-order chi connectivity index (χ1) is 12.2. The number of amides is 1. The van der Waals surface area contributed by atoms with Crippen LogP contribution in [-0.2, 0) is 16.1 Å². The standard InChI is InChI=1S/C20H29N3O2.2ClH/c24-20(13-16-11-18-5-6-19(12-16)21-18)22-17-3-1-15(2-4-17)14-23-7-9-25-10-8-23;;/h1-4,16,18-19,21H,5-14H2,(H,22,24);2*1H. The molecular weight excluding hydrogens is 385 g/mol. The molecule has 4 rings (SSSR count). The van der Waals surface area contributed by atoms with Gasteiger partial charge in [0.1, 0.15) is 0 Å². The van der Waals surface area contributed by atoms with E-state index in [1.165, 1.54) is 18.4 Å². The van der Waals surface area contributed by atoms with Gasteiger partial charge in [0.2, 0.25) is 5.91 Å². The number of piperidine rings is 1. The molecule has 2 N–H and O–H groups in total. The molecule has 2 bridgehead atoms. The zero-order chi connectivity index (χ0) is 17.1. The van der Waals surface area contributed by atoms with Crippen LogP contribution in [0.25, 0.3) is 0 Å². The van der Waals surface area contributed by atoms with Crippen molar-refractivity contribution >= 4 is 36.4 Å². The van der Waals surface area contributed by atoms with Crippen molar-refractivity contribution in [1.29, 1.82) is 0 Å². The Balaban J connectivity index is 0.00000131. The fourth-order valence-corrected chi connectivity index (χ4v) is 4.53. The Morgan fingerprint density at radius 1 is 1.07 bits per heavy atom. The molecule has 0 spiro atoms. The number of carbonyl (C=O) groups is 1. The smallest absolute Gasteiger partial charge is 0.224 e. The van der Waals surface area contributed by atoms with E-state index in [0.717, 1.165) is 51.4 Å². The van der Waals surface area contributed by atoms with Crippen molar-refractivity contribution in [1.82, 2.24) is 10.2 Å². The van der Waals surface area contributed by atoms with Crippen LogP contribution in [0.1, 0.15) is 37.7 Å². The number of hydrogen-bond acceptors (Lipinski definition) is 4. The summed E-state index contributed by atoms with van der Waals surface area (Å²) in [6.45, 7) is 4.60. The van der Waals surface area contributed by atoms with E-state index in [2.05, 4.69) is 27.7 Å². The fraction of sp³-hybridized carbons (Fsp3) is 0.650. The molecule has 3 fully saturated rings. The average molecular weight is 416 g/mol. The summed E-state index contributed by atoms with van der Waals surface area (Å²) in [5, 5.41) is 6.72.